The molecular formula is C10H15NO4S. The molecule has 1 aliphatic carbocycles. The molecule has 0 unspecified atom stereocenters. The highest BCUT2D eigenvalue weighted by Crippen LogP contribution is 2.36. The van der Waals surface area contributed by atoms with Gasteiger partial charge in [-0.25, -0.2) is 13.1 Å². The Morgan fingerprint density at radius 2 is 2.19 bits per heavy atom. The first-order valence-electron chi connectivity index (χ1n) is 5.10. The average molecular weight is 245 g/mol. The summed E-state index contributed by atoms with van der Waals surface area (Å²) in [5.41, 5.74) is -0.304. The summed E-state index contributed by atoms with van der Waals surface area (Å²) in [7, 11) is -3.53. The highest BCUT2D eigenvalue weighted by Gasteiger charge is 2.42. The van der Waals surface area contributed by atoms with Crippen LogP contribution in [0.15, 0.2) is 15.4 Å². The van der Waals surface area contributed by atoms with E-state index in [2.05, 4.69) is 4.72 Å². The summed E-state index contributed by atoms with van der Waals surface area (Å²) >= 11 is 0. The Labute approximate surface area is 94.5 Å². The van der Waals surface area contributed by atoms with E-state index in [-0.39, 0.29) is 22.8 Å². The van der Waals surface area contributed by atoms with Gasteiger partial charge in [-0.3, -0.25) is 0 Å². The van der Waals surface area contributed by atoms with Gasteiger partial charge in [-0.05, 0) is 26.7 Å². The number of aliphatic hydroxyl groups is 1. The number of aryl methyl sites for hydroxylation is 1. The van der Waals surface area contributed by atoms with Crippen molar-refractivity contribution < 1.29 is 17.9 Å². The van der Waals surface area contributed by atoms with Crippen molar-refractivity contribution in [1.82, 2.24) is 4.72 Å². The molecule has 0 aromatic carbocycles. The molecule has 5 nitrogen and oxygen atoms in total. The van der Waals surface area contributed by atoms with E-state index in [9.17, 15) is 8.42 Å². The van der Waals surface area contributed by atoms with Crippen molar-refractivity contribution >= 4 is 10.0 Å². The van der Waals surface area contributed by atoms with Crippen LogP contribution < -0.4 is 4.72 Å². The zero-order chi connectivity index (χ0) is 12.0. The summed E-state index contributed by atoms with van der Waals surface area (Å²) in [6, 6.07) is 1.36. The molecule has 1 aromatic rings. The molecule has 0 bridgehead atoms. The number of hydrogen-bond acceptors (Lipinski definition) is 4. The van der Waals surface area contributed by atoms with Crippen LogP contribution in [0, 0.1) is 6.92 Å². The van der Waals surface area contributed by atoms with Gasteiger partial charge in [0.05, 0.1) is 0 Å². The van der Waals surface area contributed by atoms with Gasteiger partial charge in [0, 0.05) is 11.6 Å². The Balaban J connectivity index is 2.31. The van der Waals surface area contributed by atoms with Gasteiger partial charge in [0.25, 0.3) is 0 Å². The van der Waals surface area contributed by atoms with Crippen LogP contribution in [0.1, 0.15) is 31.3 Å². The largest absolute Gasteiger partial charge is 0.462 e. The molecule has 0 atom stereocenters. The monoisotopic (exact) mass is 245 g/mol. The smallest absolute Gasteiger partial charge is 0.244 e. The van der Waals surface area contributed by atoms with Crippen molar-refractivity contribution in [2.24, 2.45) is 0 Å². The van der Waals surface area contributed by atoms with Gasteiger partial charge in [0.2, 0.25) is 10.0 Å². The fourth-order valence-corrected chi connectivity index (χ4v) is 3.21. The average Bonchev–Trinajstić information content (AvgIpc) is 2.76. The van der Waals surface area contributed by atoms with Crippen molar-refractivity contribution in [2.75, 3.05) is 0 Å². The molecule has 1 fully saturated rings. The van der Waals surface area contributed by atoms with E-state index in [0.29, 0.717) is 5.76 Å². The van der Waals surface area contributed by atoms with Crippen LogP contribution in [0.25, 0.3) is 0 Å². The Hall–Kier alpha value is -0.850. The van der Waals surface area contributed by atoms with Crippen LogP contribution in [0.4, 0.5) is 0 Å². The van der Waals surface area contributed by atoms with E-state index in [4.69, 9.17) is 9.52 Å². The number of sulfonamides is 1. The van der Waals surface area contributed by atoms with Crippen LogP contribution in [-0.4, -0.2) is 19.1 Å². The maximum absolute atomic E-state index is 12.0. The molecule has 0 spiro atoms. The zero-order valence-electron chi connectivity index (χ0n) is 9.28. The lowest BCUT2D eigenvalue weighted by atomic mass is 10.4. The number of furan rings is 1. The molecule has 16 heavy (non-hydrogen) atoms. The minimum absolute atomic E-state index is 0.115. The first-order chi connectivity index (χ1) is 7.36. The summed E-state index contributed by atoms with van der Waals surface area (Å²) in [4.78, 5) is 0.115. The fraction of sp³-hybridized carbons (Fsp3) is 0.600. The minimum Gasteiger partial charge on any atom is -0.462 e. The van der Waals surface area contributed by atoms with Gasteiger partial charge in [-0.2, -0.15) is 0 Å². The number of rotatable bonds is 4. The third-order valence-electron chi connectivity index (χ3n) is 2.75. The first-order valence-corrected chi connectivity index (χ1v) is 6.59. The lowest BCUT2D eigenvalue weighted by Gasteiger charge is -2.10. The van der Waals surface area contributed by atoms with Gasteiger partial charge >= 0.3 is 0 Å². The maximum atomic E-state index is 12.0. The Morgan fingerprint density at radius 1 is 1.56 bits per heavy atom. The van der Waals surface area contributed by atoms with E-state index in [1.54, 1.807) is 6.92 Å². The molecule has 2 rings (SSSR count). The molecule has 2 N–H and O–H groups in total. The second-order valence-corrected chi connectivity index (χ2v) is 6.11. The molecule has 0 saturated heterocycles. The van der Waals surface area contributed by atoms with Crippen LogP contribution in [0.3, 0.4) is 0 Å². The van der Waals surface area contributed by atoms with Crippen molar-refractivity contribution in [3.05, 3.63) is 17.6 Å². The highest BCUT2D eigenvalue weighted by atomic mass is 32.2. The number of nitrogens with one attached hydrogen (secondary N) is 1. The highest BCUT2D eigenvalue weighted by molar-refractivity contribution is 7.89. The molecule has 90 valence electrons. The Kier molecular flexibility index (Phi) is 2.60. The molecule has 1 aliphatic rings. The molecular weight excluding hydrogens is 230 g/mol. The maximum Gasteiger partial charge on any atom is 0.244 e. The summed E-state index contributed by atoms with van der Waals surface area (Å²) in [6.45, 7) is 3.14. The van der Waals surface area contributed by atoms with Gasteiger partial charge in [-0.15, -0.1) is 0 Å². The van der Waals surface area contributed by atoms with Gasteiger partial charge in [0.15, 0.2) is 0 Å². The SMILES string of the molecule is Cc1oc(CO)cc1S(=O)(=O)NC1(C)CC1. The predicted molar refractivity (Wildman–Crippen MR) is 57.3 cm³/mol. The van der Waals surface area contributed by atoms with Gasteiger partial charge in [0.1, 0.15) is 23.0 Å². The molecule has 0 amide bonds. The minimum atomic E-state index is -3.53. The lowest BCUT2D eigenvalue weighted by molar-refractivity contribution is 0.244. The zero-order valence-corrected chi connectivity index (χ0v) is 10.1. The summed E-state index contributed by atoms with van der Waals surface area (Å²) in [5.74, 6) is 0.569. The normalized spacial score (nSPS) is 18.7. The number of hydrogen-bond donors (Lipinski definition) is 2. The van der Waals surface area contributed by atoms with Crippen molar-refractivity contribution in [2.45, 2.75) is 43.7 Å². The molecule has 0 radical (unpaired) electrons. The van der Waals surface area contributed by atoms with Crippen molar-refractivity contribution in [1.29, 1.82) is 0 Å². The van der Waals surface area contributed by atoms with Crippen LogP contribution in [0.5, 0.6) is 0 Å². The third-order valence-corrected chi connectivity index (χ3v) is 4.50. The lowest BCUT2D eigenvalue weighted by Crippen LogP contribution is -2.34. The summed E-state index contributed by atoms with van der Waals surface area (Å²) in [5, 5.41) is 8.88. The van der Waals surface area contributed by atoms with Crippen LogP contribution in [-0.2, 0) is 16.6 Å². The first kappa shape index (κ1) is 11.6. The van der Waals surface area contributed by atoms with Crippen LogP contribution >= 0.6 is 0 Å². The number of aliphatic hydroxyl groups excluding tert-OH is 1. The Morgan fingerprint density at radius 3 is 2.62 bits per heavy atom. The second kappa shape index (κ2) is 3.58. The van der Waals surface area contributed by atoms with Crippen molar-refractivity contribution in [3.8, 4) is 0 Å². The topological polar surface area (TPSA) is 79.5 Å². The van der Waals surface area contributed by atoms with E-state index < -0.39 is 10.0 Å². The molecule has 6 heteroatoms. The molecule has 0 aliphatic heterocycles. The molecule has 1 aromatic heterocycles. The van der Waals surface area contributed by atoms with Gasteiger partial charge < -0.3 is 9.52 Å². The summed E-state index contributed by atoms with van der Waals surface area (Å²) < 4.78 is 31.7. The second-order valence-electron chi connectivity index (χ2n) is 4.46. The fourth-order valence-electron chi connectivity index (χ4n) is 1.54. The molecule has 1 saturated carbocycles. The van der Waals surface area contributed by atoms with E-state index in [1.807, 2.05) is 6.92 Å². The van der Waals surface area contributed by atoms with E-state index in [0.717, 1.165) is 12.8 Å². The van der Waals surface area contributed by atoms with Crippen LogP contribution in [0.2, 0.25) is 0 Å². The third kappa shape index (κ3) is 2.14. The van der Waals surface area contributed by atoms with Gasteiger partial charge in [-0.1, -0.05) is 0 Å². The van der Waals surface area contributed by atoms with E-state index >= 15 is 0 Å². The summed E-state index contributed by atoms with van der Waals surface area (Å²) in [6.07, 6.45) is 1.71. The van der Waals surface area contributed by atoms with Crippen molar-refractivity contribution in [3.63, 3.8) is 0 Å². The standard InChI is InChI=1S/C10H15NO4S/c1-7-9(5-8(6-12)15-7)16(13,14)11-10(2)3-4-10/h5,11-12H,3-4,6H2,1-2H3. The molecule has 1 heterocycles. The van der Waals surface area contributed by atoms with E-state index in [1.165, 1.54) is 6.07 Å². The quantitative estimate of drug-likeness (QED) is 0.826. The Bertz CT molecular complexity index is 499. The predicted octanol–water partition coefficient (Wildman–Crippen LogP) is 0.911.